The molecule has 1 aliphatic rings. The number of nitrogens with one attached hydrogen (secondary N) is 1. The molecule has 1 aliphatic heterocycles. The SMILES string of the molecule is CCCOC(=O)C1=C(C)Nc2nc(SCCC)nn2C1c1ccc(OCCc2ccccc2)cc1. The lowest BCUT2D eigenvalue weighted by atomic mass is 9.96. The zero-order valence-corrected chi connectivity index (χ0v) is 21.3. The van der Waals surface area contributed by atoms with Gasteiger partial charge in [0.15, 0.2) is 0 Å². The van der Waals surface area contributed by atoms with Gasteiger partial charge in [-0.3, -0.25) is 0 Å². The third-order valence-corrected chi connectivity index (χ3v) is 6.67. The zero-order valence-electron chi connectivity index (χ0n) is 20.5. The van der Waals surface area contributed by atoms with Crippen LogP contribution in [0, 0.1) is 0 Å². The molecule has 4 rings (SSSR count). The highest BCUT2D eigenvalue weighted by Crippen LogP contribution is 2.37. The number of hydrogen-bond acceptors (Lipinski definition) is 7. The van der Waals surface area contributed by atoms with Gasteiger partial charge in [0.1, 0.15) is 11.8 Å². The lowest BCUT2D eigenvalue weighted by Crippen LogP contribution is -2.29. The second kappa shape index (κ2) is 11.9. The van der Waals surface area contributed by atoms with Crippen LogP contribution in [0.25, 0.3) is 0 Å². The number of esters is 1. The number of hydrogen-bond donors (Lipinski definition) is 1. The summed E-state index contributed by atoms with van der Waals surface area (Å²) in [6.45, 7) is 6.96. The first-order valence-electron chi connectivity index (χ1n) is 12.1. The lowest BCUT2D eigenvalue weighted by molar-refractivity contribution is -0.139. The highest BCUT2D eigenvalue weighted by atomic mass is 32.2. The minimum Gasteiger partial charge on any atom is -0.493 e. The minimum absolute atomic E-state index is 0.339. The second-order valence-electron chi connectivity index (χ2n) is 8.37. The van der Waals surface area contributed by atoms with Gasteiger partial charge in [-0.25, -0.2) is 9.48 Å². The van der Waals surface area contributed by atoms with Gasteiger partial charge in [-0.05, 0) is 43.0 Å². The van der Waals surface area contributed by atoms with Crippen molar-refractivity contribution < 1.29 is 14.3 Å². The van der Waals surface area contributed by atoms with Crippen molar-refractivity contribution in [3.05, 3.63) is 77.0 Å². The van der Waals surface area contributed by atoms with Gasteiger partial charge < -0.3 is 14.8 Å². The number of nitrogens with zero attached hydrogens (tertiary/aromatic N) is 3. The van der Waals surface area contributed by atoms with Crippen LogP contribution in [-0.2, 0) is 16.0 Å². The van der Waals surface area contributed by atoms with Gasteiger partial charge in [-0.1, -0.05) is 68.1 Å². The fraction of sp³-hybridized carbons (Fsp3) is 0.370. The molecule has 7 nitrogen and oxygen atoms in total. The van der Waals surface area contributed by atoms with E-state index in [1.165, 1.54) is 5.56 Å². The summed E-state index contributed by atoms with van der Waals surface area (Å²) in [7, 11) is 0. The van der Waals surface area contributed by atoms with E-state index >= 15 is 0 Å². The van der Waals surface area contributed by atoms with E-state index < -0.39 is 6.04 Å². The van der Waals surface area contributed by atoms with Crippen molar-refractivity contribution in [1.82, 2.24) is 14.8 Å². The lowest BCUT2D eigenvalue weighted by Gasteiger charge is -2.28. The van der Waals surface area contributed by atoms with E-state index in [1.54, 1.807) is 16.4 Å². The summed E-state index contributed by atoms with van der Waals surface area (Å²) in [6.07, 6.45) is 2.63. The third-order valence-electron chi connectivity index (χ3n) is 5.62. The molecule has 0 saturated carbocycles. The van der Waals surface area contributed by atoms with Crippen LogP contribution in [0.4, 0.5) is 5.95 Å². The molecule has 1 unspecified atom stereocenters. The number of carbonyl (C=O) groups excluding carboxylic acids is 1. The molecule has 1 aromatic heterocycles. The van der Waals surface area contributed by atoms with Gasteiger partial charge in [0, 0.05) is 17.9 Å². The van der Waals surface area contributed by atoms with E-state index in [2.05, 4.69) is 29.4 Å². The molecule has 0 bridgehead atoms. The quantitative estimate of drug-likeness (QED) is 0.274. The van der Waals surface area contributed by atoms with Crippen LogP contribution < -0.4 is 10.1 Å². The van der Waals surface area contributed by atoms with Crippen molar-refractivity contribution in [2.45, 2.75) is 51.2 Å². The first-order chi connectivity index (χ1) is 17.1. The van der Waals surface area contributed by atoms with Gasteiger partial charge >= 0.3 is 5.97 Å². The Bertz CT molecular complexity index is 1160. The number of benzene rings is 2. The van der Waals surface area contributed by atoms with Crippen molar-refractivity contribution in [3.63, 3.8) is 0 Å². The Morgan fingerprint density at radius 3 is 2.54 bits per heavy atom. The molecule has 1 atom stereocenters. The topological polar surface area (TPSA) is 78.3 Å². The molecule has 2 aromatic carbocycles. The van der Waals surface area contributed by atoms with E-state index in [-0.39, 0.29) is 5.97 Å². The van der Waals surface area contributed by atoms with Crippen LogP contribution in [0.1, 0.15) is 50.8 Å². The molecule has 1 N–H and O–H groups in total. The molecule has 2 heterocycles. The molecule has 0 aliphatic carbocycles. The molecule has 8 heteroatoms. The van der Waals surface area contributed by atoms with Crippen LogP contribution in [0.5, 0.6) is 5.75 Å². The van der Waals surface area contributed by atoms with E-state index in [4.69, 9.17) is 14.6 Å². The number of ether oxygens (including phenoxy) is 2. The maximum Gasteiger partial charge on any atom is 0.338 e. The predicted octanol–water partition coefficient (Wildman–Crippen LogP) is 5.64. The average Bonchev–Trinajstić information content (AvgIpc) is 3.28. The first kappa shape index (κ1) is 24.9. The summed E-state index contributed by atoms with van der Waals surface area (Å²) in [6, 6.07) is 17.7. The van der Waals surface area contributed by atoms with Gasteiger partial charge in [0.2, 0.25) is 11.1 Å². The largest absolute Gasteiger partial charge is 0.493 e. The fourth-order valence-electron chi connectivity index (χ4n) is 3.91. The first-order valence-corrected chi connectivity index (χ1v) is 13.1. The number of carbonyl (C=O) groups is 1. The van der Waals surface area contributed by atoms with Crippen molar-refractivity contribution in [2.24, 2.45) is 0 Å². The third kappa shape index (κ3) is 6.06. The number of anilines is 1. The summed E-state index contributed by atoms with van der Waals surface area (Å²) in [5, 5.41) is 8.67. The van der Waals surface area contributed by atoms with Gasteiger partial charge in [-0.2, -0.15) is 4.98 Å². The highest BCUT2D eigenvalue weighted by molar-refractivity contribution is 7.99. The number of thioether (sulfide) groups is 1. The van der Waals surface area contributed by atoms with Crippen LogP contribution in [0.3, 0.4) is 0 Å². The van der Waals surface area contributed by atoms with Crippen molar-refractivity contribution in [1.29, 1.82) is 0 Å². The molecule has 35 heavy (non-hydrogen) atoms. The number of fused-ring (bicyclic) bond motifs is 1. The summed E-state index contributed by atoms with van der Waals surface area (Å²) < 4.78 is 13.3. The fourth-order valence-corrected chi connectivity index (χ4v) is 4.59. The van der Waals surface area contributed by atoms with Crippen LogP contribution in [-0.4, -0.2) is 39.7 Å². The van der Waals surface area contributed by atoms with Crippen LogP contribution in [0.2, 0.25) is 0 Å². The highest BCUT2D eigenvalue weighted by Gasteiger charge is 2.35. The standard InChI is InChI=1S/C27H32N4O3S/c1-4-16-34-25(32)23-19(3)28-26-29-27(35-18-5-2)30-31(26)24(23)21-11-13-22(14-12-21)33-17-15-20-9-7-6-8-10-20/h6-14,24H,4-5,15-18H2,1-3H3,(H,28,29,30). The molecule has 0 spiro atoms. The Morgan fingerprint density at radius 1 is 1.06 bits per heavy atom. The summed E-state index contributed by atoms with van der Waals surface area (Å²) >= 11 is 1.61. The summed E-state index contributed by atoms with van der Waals surface area (Å²) in [5.41, 5.74) is 3.43. The molecule has 0 radical (unpaired) electrons. The van der Waals surface area contributed by atoms with Crippen LogP contribution in [0.15, 0.2) is 71.0 Å². The van der Waals surface area contributed by atoms with Gasteiger partial charge in [0.25, 0.3) is 0 Å². The number of rotatable bonds is 11. The van der Waals surface area contributed by atoms with Gasteiger partial charge in [-0.15, -0.1) is 5.10 Å². The molecule has 0 amide bonds. The van der Waals surface area contributed by atoms with E-state index in [1.807, 2.05) is 56.3 Å². The van der Waals surface area contributed by atoms with E-state index in [0.29, 0.717) is 29.9 Å². The zero-order chi connectivity index (χ0) is 24.6. The molecule has 0 fully saturated rings. The Morgan fingerprint density at radius 2 is 1.83 bits per heavy atom. The van der Waals surface area contributed by atoms with Crippen molar-refractivity contribution in [3.8, 4) is 5.75 Å². The molecular weight excluding hydrogens is 460 g/mol. The Kier molecular flexibility index (Phi) is 8.47. The van der Waals surface area contributed by atoms with E-state index in [0.717, 1.165) is 42.0 Å². The molecule has 184 valence electrons. The van der Waals surface area contributed by atoms with Crippen molar-refractivity contribution in [2.75, 3.05) is 24.3 Å². The Hall–Kier alpha value is -3.26. The summed E-state index contributed by atoms with van der Waals surface area (Å²) in [4.78, 5) is 17.7. The maximum atomic E-state index is 13.1. The summed E-state index contributed by atoms with van der Waals surface area (Å²) in [5.74, 6) is 2.00. The normalized spacial score (nSPS) is 14.9. The monoisotopic (exact) mass is 492 g/mol. The average molecular weight is 493 g/mol. The van der Waals surface area contributed by atoms with Crippen LogP contribution >= 0.6 is 11.8 Å². The number of aromatic nitrogens is 3. The molecule has 0 saturated heterocycles. The number of allylic oxidation sites excluding steroid dienone is 1. The predicted molar refractivity (Wildman–Crippen MR) is 139 cm³/mol. The van der Waals surface area contributed by atoms with Crippen molar-refractivity contribution >= 4 is 23.7 Å². The Labute approximate surface area is 210 Å². The Balaban J connectivity index is 1.57. The second-order valence-corrected chi connectivity index (χ2v) is 9.43. The minimum atomic E-state index is -0.433. The van der Waals surface area contributed by atoms with Gasteiger partial charge in [0.05, 0.1) is 18.8 Å². The molecule has 3 aromatic rings. The smallest absolute Gasteiger partial charge is 0.338 e. The van der Waals surface area contributed by atoms with E-state index in [9.17, 15) is 4.79 Å². The maximum absolute atomic E-state index is 13.1. The molecular formula is C27H32N4O3S.